The fourth-order valence-corrected chi connectivity index (χ4v) is 1.44. The van der Waals surface area contributed by atoms with Gasteiger partial charge in [0.25, 0.3) is 5.82 Å². The molecule has 2 rings (SSSR count). The first-order valence-electron chi connectivity index (χ1n) is 4.72. The Hall–Kier alpha value is -2.22. The van der Waals surface area contributed by atoms with Gasteiger partial charge in [0.1, 0.15) is 12.7 Å². The zero-order valence-corrected chi connectivity index (χ0v) is 10.2. The molecule has 0 spiro atoms. The van der Waals surface area contributed by atoms with Gasteiger partial charge in [-0.2, -0.15) is 4.68 Å². The van der Waals surface area contributed by atoms with Gasteiger partial charge in [-0.25, -0.2) is 19.7 Å². The average Bonchev–Trinajstić information content (AvgIpc) is 2.87. The number of halogens is 1. The average molecular weight is 270 g/mol. The Morgan fingerprint density at radius 3 is 2.78 bits per heavy atom. The highest BCUT2D eigenvalue weighted by Crippen LogP contribution is 2.26. The van der Waals surface area contributed by atoms with Gasteiger partial charge in [0.05, 0.1) is 14.2 Å². The first-order chi connectivity index (χ1) is 8.67. The Morgan fingerprint density at radius 2 is 2.11 bits per heavy atom. The quantitative estimate of drug-likeness (QED) is 0.592. The molecule has 0 radical (unpaired) electrons. The van der Waals surface area contributed by atoms with Gasteiger partial charge in [-0.05, 0) is 0 Å². The van der Waals surface area contributed by atoms with E-state index >= 15 is 0 Å². The molecule has 0 bridgehead atoms. The number of methoxy groups -OCH3 is 2. The van der Waals surface area contributed by atoms with E-state index in [1.165, 1.54) is 31.6 Å². The minimum Gasteiger partial charge on any atom is -0.490 e. The monoisotopic (exact) mass is 269 g/mol. The van der Waals surface area contributed by atoms with E-state index in [0.717, 1.165) is 0 Å². The number of rotatable bonds is 3. The van der Waals surface area contributed by atoms with Gasteiger partial charge in [0.2, 0.25) is 11.6 Å². The molecular weight excluding hydrogens is 262 g/mol. The van der Waals surface area contributed by atoms with Gasteiger partial charge < -0.3 is 9.47 Å². The van der Waals surface area contributed by atoms with Crippen LogP contribution in [0.15, 0.2) is 12.7 Å². The lowest BCUT2D eigenvalue weighted by molar-refractivity contribution is 0.0587. The van der Waals surface area contributed by atoms with Crippen molar-refractivity contribution >= 4 is 17.6 Å². The van der Waals surface area contributed by atoms with Crippen LogP contribution in [-0.2, 0) is 4.74 Å². The third kappa shape index (κ3) is 2.09. The van der Waals surface area contributed by atoms with Gasteiger partial charge in [-0.1, -0.05) is 11.6 Å². The van der Waals surface area contributed by atoms with Crippen LogP contribution in [0.5, 0.6) is 5.75 Å². The third-order valence-electron chi connectivity index (χ3n) is 2.02. The number of hydrogen-bond acceptors (Lipinski definition) is 7. The van der Waals surface area contributed by atoms with Crippen LogP contribution in [0, 0.1) is 0 Å². The summed E-state index contributed by atoms with van der Waals surface area (Å²) in [5, 5.41) is 4.04. The van der Waals surface area contributed by atoms with E-state index in [1.807, 2.05) is 0 Å². The molecule has 2 heterocycles. The molecule has 2 aromatic heterocycles. The van der Waals surface area contributed by atoms with Gasteiger partial charge in [-0.3, -0.25) is 0 Å². The number of hydrogen-bond donors (Lipinski definition) is 0. The summed E-state index contributed by atoms with van der Waals surface area (Å²) < 4.78 is 10.8. The van der Waals surface area contributed by atoms with E-state index in [0.29, 0.717) is 0 Å². The van der Waals surface area contributed by atoms with Crippen molar-refractivity contribution in [1.29, 1.82) is 0 Å². The molecule has 0 atom stereocenters. The molecule has 0 N–H and O–H groups in total. The molecule has 0 unspecified atom stereocenters. The van der Waals surface area contributed by atoms with Crippen LogP contribution in [0.2, 0.25) is 5.15 Å². The molecule has 18 heavy (non-hydrogen) atoms. The van der Waals surface area contributed by atoms with E-state index in [-0.39, 0.29) is 22.5 Å². The van der Waals surface area contributed by atoms with Gasteiger partial charge in [-0.15, -0.1) is 5.10 Å². The molecule has 0 aliphatic rings. The molecular formula is C9H8ClN5O3. The lowest BCUT2D eigenvalue weighted by Gasteiger charge is -2.06. The first-order valence-corrected chi connectivity index (χ1v) is 5.10. The van der Waals surface area contributed by atoms with E-state index in [9.17, 15) is 4.79 Å². The maximum absolute atomic E-state index is 11.2. The minimum absolute atomic E-state index is 0.0886. The van der Waals surface area contributed by atoms with Crippen molar-refractivity contribution in [3.05, 3.63) is 23.6 Å². The van der Waals surface area contributed by atoms with E-state index < -0.39 is 5.97 Å². The molecule has 94 valence electrons. The molecule has 0 saturated carbocycles. The number of nitrogens with zero attached hydrogens (tertiary/aromatic N) is 5. The summed E-state index contributed by atoms with van der Waals surface area (Å²) >= 11 is 5.85. The molecule has 0 saturated heterocycles. The van der Waals surface area contributed by atoms with Crippen molar-refractivity contribution < 1.29 is 14.3 Å². The topological polar surface area (TPSA) is 92.0 Å². The van der Waals surface area contributed by atoms with Crippen molar-refractivity contribution in [2.24, 2.45) is 0 Å². The molecule has 9 heteroatoms. The Labute approximate surface area is 107 Å². The Balaban J connectivity index is 2.46. The molecule has 2 aromatic rings. The molecule has 0 aromatic carbocycles. The summed E-state index contributed by atoms with van der Waals surface area (Å²) in [4.78, 5) is 22.8. The number of esters is 1. The second-order valence-corrected chi connectivity index (χ2v) is 3.38. The molecule has 0 aliphatic heterocycles. The van der Waals surface area contributed by atoms with Crippen molar-refractivity contribution in [1.82, 2.24) is 24.7 Å². The van der Waals surface area contributed by atoms with Crippen LogP contribution < -0.4 is 4.74 Å². The molecule has 0 fully saturated rings. The van der Waals surface area contributed by atoms with Crippen LogP contribution in [0.1, 0.15) is 10.6 Å². The molecule has 8 nitrogen and oxygen atoms in total. The van der Waals surface area contributed by atoms with Crippen LogP contribution in [-0.4, -0.2) is 44.9 Å². The maximum atomic E-state index is 11.2. The van der Waals surface area contributed by atoms with E-state index in [2.05, 4.69) is 24.8 Å². The number of aromatic nitrogens is 5. The minimum atomic E-state index is -0.645. The largest absolute Gasteiger partial charge is 0.490 e. The van der Waals surface area contributed by atoms with Crippen LogP contribution >= 0.6 is 11.6 Å². The predicted octanol–water partition coefficient (Wildman–Crippen LogP) is 0.506. The van der Waals surface area contributed by atoms with Gasteiger partial charge in [0, 0.05) is 0 Å². The standard InChI is InChI=1S/C9H8ClN5O3/c1-17-5-6(10)11-3-12-8(5)15-4-13-7(14-15)9(16)18-2/h3-4H,1-2H3. The highest BCUT2D eigenvalue weighted by Gasteiger charge is 2.17. The highest BCUT2D eigenvalue weighted by atomic mass is 35.5. The Kier molecular flexibility index (Phi) is 3.38. The molecule has 0 amide bonds. The second-order valence-electron chi connectivity index (χ2n) is 3.03. The summed E-state index contributed by atoms with van der Waals surface area (Å²) in [6.45, 7) is 0. The zero-order valence-electron chi connectivity index (χ0n) is 9.49. The van der Waals surface area contributed by atoms with E-state index in [1.54, 1.807) is 0 Å². The number of ether oxygens (including phenoxy) is 2. The highest BCUT2D eigenvalue weighted by molar-refractivity contribution is 6.31. The number of carbonyl (C=O) groups excluding carboxylic acids is 1. The van der Waals surface area contributed by atoms with Gasteiger partial charge >= 0.3 is 5.97 Å². The summed E-state index contributed by atoms with van der Waals surface area (Å²) in [5.74, 6) is -0.220. The Bertz CT molecular complexity index is 585. The summed E-state index contributed by atoms with van der Waals surface area (Å²) in [6, 6.07) is 0. The zero-order chi connectivity index (χ0) is 13.1. The van der Waals surface area contributed by atoms with Crippen molar-refractivity contribution in [3.63, 3.8) is 0 Å². The lowest BCUT2D eigenvalue weighted by Crippen LogP contribution is -2.07. The molecule has 0 aliphatic carbocycles. The summed E-state index contributed by atoms with van der Waals surface area (Å²) in [6.07, 6.45) is 2.55. The van der Waals surface area contributed by atoms with E-state index in [4.69, 9.17) is 16.3 Å². The first kappa shape index (κ1) is 12.2. The Morgan fingerprint density at radius 1 is 1.33 bits per heavy atom. The van der Waals surface area contributed by atoms with Crippen LogP contribution in [0.25, 0.3) is 5.82 Å². The van der Waals surface area contributed by atoms with Gasteiger partial charge in [0.15, 0.2) is 5.15 Å². The van der Waals surface area contributed by atoms with Crippen LogP contribution in [0.3, 0.4) is 0 Å². The van der Waals surface area contributed by atoms with Crippen molar-refractivity contribution in [2.45, 2.75) is 0 Å². The van der Waals surface area contributed by atoms with Crippen LogP contribution in [0.4, 0.5) is 0 Å². The lowest BCUT2D eigenvalue weighted by atomic mass is 10.5. The van der Waals surface area contributed by atoms with Crippen molar-refractivity contribution in [2.75, 3.05) is 14.2 Å². The maximum Gasteiger partial charge on any atom is 0.377 e. The fourth-order valence-electron chi connectivity index (χ4n) is 1.23. The summed E-state index contributed by atoms with van der Waals surface area (Å²) in [5.41, 5.74) is 0. The second kappa shape index (κ2) is 4.96. The smallest absolute Gasteiger partial charge is 0.377 e. The summed E-state index contributed by atoms with van der Waals surface area (Å²) in [7, 11) is 2.66. The van der Waals surface area contributed by atoms with Crippen molar-refractivity contribution in [3.8, 4) is 11.6 Å². The normalized spacial score (nSPS) is 10.2. The number of carbonyl (C=O) groups is 1. The fraction of sp³-hybridized carbons (Fsp3) is 0.222. The third-order valence-corrected chi connectivity index (χ3v) is 2.29. The predicted molar refractivity (Wildman–Crippen MR) is 59.9 cm³/mol. The SMILES string of the molecule is COC(=O)c1ncn(-c2ncnc(Cl)c2OC)n1.